The molecule has 1 aromatic rings. The van der Waals surface area contributed by atoms with Crippen molar-refractivity contribution in [3.63, 3.8) is 0 Å². The summed E-state index contributed by atoms with van der Waals surface area (Å²) in [5, 5.41) is 23.0. The molecule has 0 bridgehead atoms. The van der Waals surface area contributed by atoms with Crippen LogP contribution in [0.1, 0.15) is 25.0 Å². The fourth-order valence-electron chi connectivity index (χ4n) is 3.37. The normalized spacial score (nSPS) is 18.4. The SMILES string of the molecule is NC(=O)CC(NC(=O)C(CO)NC(=O)C1CCCN1C(=O)C(N)Cc1cnc[nH]1)C(=O)O. The molecule has 0 saturated carbocycles. The lowest BCUT2D eigenvalue weighted by molar-refractivity contribution is -0.144. The number of aliphatic hydroxyl groups excluding tert-OH is 1. The van der Waals surface area contributed by atoms with Gasteiger partial charge in [0.15, 0.2) is 0 Å². The predicted molar refractivity (Wildman–Crippen MR) is 107 cm³/mol. The first-order valence-corrected chi connectivity index (χ1v) is 9.90. The highest BCUT2D eigenvalue weighted by atomic mass is 16.4. The number of H-pyrrole nitrogens is 1. The number of aromatic nitrogens is 2. The summed E-state index contributed by atoms with van der Waals surface area (Å²) in [5.74, 6) is -4.61. The van der Waals surface area contributed by atoms with Crippen molar-refractivity contribution in [1.29, 1.82) is 0 Å². The molecule has 32 heavy (non-hydrogen) atoms. The Morgan fingerprint density at radius 3 is 2.53 bits per heavy atom. The van der Waals surface area contributed by atoms with Crippen LogP contribution in [0.4, 0.5) is 0 Å². The number of carbonyl (C=O) groups excluding carboxylic acids is 4. The van der Waals surface area contributed by atoms with Crippen LogP contribution >= 0.6 is 0 Å². The molecule has 14 nitrogen and oxygen atoms in total. The number of amides is 4. The second-order valence-corrected chi connectivity index (χ2v) is 7.39. The van der Waals surface area contributed by atoms with Gasteiger partial charge in [0, 0.05) is 24.9 Å². The highest BCUT2D eigenvalue weighted by Crippen LogP contribution is 2.19. The summed E-state index contributed by atoms with van der Waals surface area (Å²) in [7, 11) is 0. The number of aromatic amines is 1. The molecule has 1 aliphatic heterocycles. The average molecular weight is 453 g/mol. The number of rotatable bonds is 11. The van der Waals surface area contributed by atoms with Crippen LogP contribution < -0.4 is 22.1 Å². The maximum Gasteiger partial charge on any atom is 0.326 e. The summed E-state index contributed by atoms with van der Waals surface area (Å²) in [6, 6.07) is -4.92. The number of carboxylic acid groups (broad SMARTS) is 1. The number of aliphatic hydroxyl groups is 1. The van der Waals surface area contributed by atoms with Crippen molar-refractivity contribution in [2.45, 2.75) is 49.9 Å². The summed E-state index contributed by atoms with van der Waals surface area (Å²) in [6.07, 6.45) is 3.39. The van der Waals surface area contributed by atoms with Gasteiger partial charge < -0.3 is 42.2 Å². The molecule has 1 aromatic heterocycles. The van der Waals surface area contributed by atoms with Gasteiger partial charge in [0.1, 0.15) is 18.1 Å². The number of carbonyl (C=O) groups is 5. The van der Waals surface area contributed by atoms with Crippen LogP contribution in [0.15, 0.2) is 12.5 Å². The minimum atomic E-state index is -1.61. The lowest BCUT2D eigenvalue weighted by Gasteiger charge is -2.28. The highest BCUT2D eigenvalue weighted by Gasteiger charge is 2.38. The van der Waals surface area contributed by atoms with Gasteiger partial charge in [-0.3, -0.25) is 19.2 Å². The molecular weight excluding hydrogens is 426 g/mol. The molecule has 9 N–H and O–H groups in total. The number of carboxylic acids is 1. The minimum absolute atomic E-state index is 0.196. The topological polar surface area (TPSA) is 234 Å². The van der Waals surface area contributed by atoms with E-state index < -0.39 is 66.8 Å². The van der Waals surface area contributed by atoms with E-state index in [-0.39, 0.29) is 6.42 Å². The molecule has 1 aliphatic rings. The molecule has 14 heteroatoms. The van der Waals surface area contributed by atoms with E-state index in [1.54, 1.807) is 0 Å². The number of primary amides is 1. The van der Waals surface area contributed by atoms with Gasteiger partial charge in [0.05, 0.1) is 25.4 Å². The zero-order chi connectivity index (χ0) is 23.8. The van der Waals surface area contributed by atoms with Gasteiger partial charge in [-0.15, -0.1) is 0 Å². The Balaban J connectivity index is 2.00. The first-order valence-electron chi connectivity index (χ1n) is 9.90. The third-order valence-corrected chi connectivity index (χ3v) is 4.99. The number of nitrogens with zero attached hydrogens (tertiary/aromatic N) is 2. The Bertz CT molecular complexity index is 845. The fraction of sp³-hybridized carbons (Fsp3) is 0.556. The quantitative estimate of drug-likeness (QED) is 0.174. The fourth-order valence-corrected chi connectivity index (χ4v) is 3.37. The third kappa shape index (κ3) is 6.49. The minimum Gasteiger partial charge on any atom is -0.480 e. The molecule has 2 rings (SSSR count). The zero-order valence-corrected chi connectivity index (χ0v) is 17.2. The van der Waals surface area contributed by atoms with E-state index in [0.717, 1.165) is 0 Å². The van der Waals surface area contributed by atoms with Gasteiger partial charge in [0.25, 0.3) is 0 Å². The van der Waals surface area contributed by atoms with E-state index in [4.69, 9.17) is 16.6 Å². The predicted octanol–water partition coefficient (Wildman–Crippen LogP) is -3.81. The summed E-state index contributed by atoms with van der Waals surface area (Å²) in [4.78, 5) is 68.0. The molecule has 4 atom stereocenters. The molecule has 4 unspecified atom stereocenters. The van der Waals surface area contributed by atoms with E-state index in [0.29, 0.717) is 25.1 Å². The first-order chi connectivity index (χ1) is 15.1. The van der Waals surface area contributed by atoms with Crippen LogP contribution in [-0.4, -0.2) is 92.0 Å². The van der Waals surface area contributed by atoms with Crippen LogP contribution in [0.5, 0.6) is 0 Å². The summed E-state index contributed by atoms with van der Waals surface area (Å²) in [6.45, 7) is -0.538. The van der Waals surface area contributed by atoms with E-state index >= 15 is 0 Å². The van der Waals surface area contributed by atoms with Crippen LogP contribution in [0.2, 0.25) is 0 Å². The molecule has 176 valence electrons. The molecular formula is C18H27N7O7. The van der Waals surface area contributed by atoms with Gasteiger partial charge in [-0.05, 0) is 12.8 Å². The summed E-state index contributed by atoms with van der Waals surface area (Å²) in [5.41, 5.74) is 11.6. The van der Waals surface area contributed by atoms with Crippen LogP contribution in [-0.2, 0) is 30.4 Å². The number of nitrogens with one attached hydrogen (secondary N) is 3. The number of likely N-dealkylation sites (tertiary alicyclic amines) is 1. The Morgan fingerprint density at radius 1 is 1.25 bits per heavy atom. The van der Waals surface area contributed by atoms with E-state index in [1.807, 2.05) is 5.32 Å². The Morgan fingerprint density at radius 2 is 1.97 bits per heavy atom. The standard InChI is InChI=1S/C18H27N7O7/c19-10(4-9-6-21-8-22-9)17(30)25-3-1-2-13(25)16(29)24-12(7-26)15(28)23-11(18(31)32)5-14(20)27/h6,8,10-13,26H,1-5,7,19H2,(H2,20,27)(H,21,22)(H,23,28)(H,24,29)(H,31,32). The second kappa shape index (κ2) is 11.2. The molecule has 4 amide bonds. The Labute approximate surface area is 182 Å². The van der Waals surface area contributed by atoms with Crippen LogP contribution in [0.3, 0.4) is 0 Å². The lowest BCUT2D eigenvalue weighted by atomic mass is 10.1. The number of aliphatic carboxylic acids is 1. The van der Waals surface area contributed by atoms with Crippen LogP contribution in [0, 0.1) is 0 Å². The Kier molecular flexibility index (Phi) is 8.66. The van der Waals surface area contributed by atoms with Gasteiger partial charge in [-0.1, -0.05) is 0 Å². The van der Waals surface area contributed by atoms with Crippen LogP contribution in [0.25, 0.3) is 0 Å². The zero-order valence-electron chi connectivity index (χ0n) is 17.2. The Hall–Kier alpha value is -3.52. The monoisotopic (exact) mass is 453 g/mol. The molecule has 0 spiro atoms. The first kappa shape index (κ1) is 24.7. The van der Waals surface area contributed by atoms with Crippen molar-refractivity contribution >= 4 is 29.6 Å². The van der Waals surface area contributed by atoms with Crippen molar-refractivity contribution in [2.24, 2.45) is 11.5 Å². The van der Waals surface area contributed by atoms with E-state index in [9.17, 15) is 29.1 Å². The number of hydrogen-bond donors (Lipinski definition) is 7. The highest BCUT2D eigenvalue weighted by molar-refractivity contribution is 5.95. The molecule has 1 saturated heterocycles. The largest absolute Gasteiger partial charge is 0.480 e. The maximum atomic E-state index is 12.7. The number of hydrogen-bond acceptors (Lipinski definition) is 8. The number of imidazole rings is 1. The van der Waals surface area contributed by atoms with E-state index in [2.05, 4.69) is 15.3 Å². The van der Waals surface area contributed by atoms with Gasteiger partial charge in [-0.2, -0.15) is 0 Å². The molecule has 0 aromatic carbocycles. The van der Waals surface area contributed by atoms with Crippen molar-refractivity contribution in [3.05, 3.63) is 18.2 Å². The van der Waals surface area contributed by atoms with Gasteiger partial charge in [0.2, 0.25) is 23.6 Å². The second-order valence-electron chi connectivity index (χ2n) is 7.39. The van der Waals surface area contributed by atoms with Crippen molar-refractivity contribution < 1.29 is 34.2 Å². The smallest absolute Gasteiger partial charge is 0.326 e. The van der Waals surface area contributed by atoms with Crippen molar-refractivity contribution in [1.82, 2.24) is 25.5 Å². The van der Waals surface area contributed by atoms with Crippen molar-refractivity contribution in [2.75, 3.05) is 13.2 Å². The molecule has 1 fully saturated rings. The van der Waals surface area contributed by atoms with Crippen molar-refractivity contribution in [3.8, 4) is 0 Å². The lowest BCUT2D eigenvalue weighted by Crippen LogP contribution is -2.58. The molecule has 2 heterocycles. The van der Waals surface area contributed by atoms with E-state index in [1.165, 1.54) is 17.4 Å². The third-order valence-electron chi connectivity index (χ3n) is 4.99. The number of nitrogens with two attached hydrogens (primary N) is 2. The average Bonchev–Trinajstić information content (AvgIpc) is 3.42. The van der Waals surface area contributed by atoms with Gasteiger partial charge >= 0.3 is 5.97 Å². The summed E-state index contributed by atoms with van der Waals surface area (Å²) >= 11 is 0. The van der Waals surface area contributed by atoms with Gasteiger partial charge in [-0.25, -0.2) is 9.78 Å². The molecule has 0 aliphatic carbocycles. The molecule has 0 radical (unpaired) electrons. The summed E-state index contributed by atoms with van der Waals surface area (Å²) < 4.78 is 0. The maximum absolute atomic E-state index is 12.7.